The summed E-state index contributed by atoms with van der Waals surface area (Å²) in [5.41, 5.74) is 0.938. The number of nitrogens with zero attached hydrogens (tertiary/aromatic N) is 1. The van der Waals surface area contributed by atoms with Crippen molar-refractivity contribution in [3.63, 3.8) is 0 Å². The molecule has 1 fully saturated rings. The van der Waals surface area contributed by atoms with Gasteiger partial charge in [0.2, 0.25) is 0 Å². The van der Waals surface area contributed by atoms with E-state index in [4.69, 9.17) is 9.47 Å². The van der Waals surface area contributed by atoms with Gasteiger partial charge in [-0.25, -0.2) is 4.79 Å². The number of cyclic esters (lactones) is 1. The van der Waals surface area contributed by atoms with E-state index in [0.717, 1.165) is 5.56 Å². The van der Waals surface area contributed by atoms with Crippen molar-refractivity contribution < 1.29 is 19.1 Å². The molecule has 1 heterocycles. The van der Waals surface area contributed by atoms with E-state index in [0.29, 0.717) is 13.1 Å². The molecule has 0 saturated carbocycles. The van der Waals surface area contributed by atoms with Crippen LogP contribution in [0.25, 0.3) is 0 Å². The highest BCUT2D eigenvalue weighted by Gasteiger charge is 2.20. The normalized spacial score (nSPS) is 15.8. The molecule has 0 spiro atoms. The summed E-state index contributed by atoms with van der Waals surface area (Å²) in [7, 11) is 0. The fraction of sp³-hybridized carbons (Fsp3) is 0.385. The summed E-state index contributed by atoms with van der Waals surface area (Å²) >= 11 is 0. The molecule has 5 heteroatoms. The number of ether oxygens (including phenoxy) is 2. The Balaban J connectivity index is 1.82. The van der Waals surface area contributed by atoms with Crippen LogP contribution >= 0.6 is 0 Å². The van der Waals surface area contributed by atoms with E-state index in [1.54, 1.807) is 0 Å². The van der Waals surface area contributed by atoms with Crippen LogP contribution in [0, 0.1) is 0 Å². The van der Waals surface area contributed by atoms with Gasteiger partial charge < -0.3 is 14.4 Å². The Kier molecular flexibility index (Phi) is 4.17. The highest BCUT2D eigenvalue weighted by atomic mass is 16.6. The molecule has 0 bridgehead atoms. The molecule has 5 nitrogen and oxygen atoms in total. The predicted octanol–water partition coefficient (Wildman–Crippen LogP) is 1.57. The van der Waals surface area contributed by atoms with Gasteiger partial charge in [0.05, 0.1) is 13.0 Å². The van der Waals surface area contributed by atoms with Crippen LogP contribution < -0.4 is 0 Å². The Hall–Kier alpha value is -2.04. The molecule has 0 unspecified atom stereocenters. The standard InChI is InChI=1S/C13H15NO4/c15-12-6-7-14(8-9-17-12)13(16)18-10-11-4-2-1-3-5-11/h1-5H,6-10H2. The molecule has 0 radical (unpaired) electrons. The van der Waals surface area contributed by atoms with Crippen LogP contribution in [0.15, 0.2) is 30.3 Å². The Morgan fingerprint density at radius 2 is 2.06 bits per heavy atom. The van der Waals surface area contributed by atoms with Crippen molar-refractivity contribution in [1.82, 2.24) is 4.90 Å². The average molecular weight is 249 g/mol. The first kappa shape index (κ1) is 12.4. The van der Waals surface area contributed by atoms with Gasteiger partial charge in [0.25, 0.3) is 0 Å². The third-order valence-corrected chi connectivity index (χ3v) is 2.67. The van der Waals surface area contributed by atoms with Gasteiger partial charge in [0.15, 0.2) is 0 Å². The average Bonchev–Trinajstić information content (AvgIpc) is 2.62. The highest BCUT2D eigenvalue weighted by molar-refractivity contribution is 5.72. The number of hydrogen-bond acceptors (Lipinski definition) is 4. The maximum atomic E-state index is 11.8. The SMILES string of the molecule is O=C1CCN(C(=O)OCc2ccccc2)CCO1. The van der Waals surface area contributed by atoms with Crippen LogP contribution in [0.4, 0.5) is 4.79 Å². The van der Waals surface area contributed by atoms with Crippen molar-refractivity contribution in [3.8, 4) is 0 Å². The molecule has 2 rings (SSSR count). The Morgan fingerprint density at radius 1 is 1.28 bits per heavy atom. The van der Waals surface area contributed by atoms with E-state index in [9.17, 15) is 9.59 Å². The third-order valence-electron chi connectivity index (χ3n) is 2.67. The Morgan fingerprint density at radius 3 is 2.83 bits per heavy atom. The maximum absolute atomic E-state index is 11.8. The van der Waals surface area contributed by atoms with Gasteiger partial charge in [-0.15, -0.1) is 0 Å². The number of carbonyl (C=O) groups excluding carboxylic acids is 2. The van der Waals surface area contributed by atoms with E-state index in [2.05, 4.69) is 0 Å². The van der Waals surface area contributed by atoms with E-state index >= 15 is 0 Å². The quantitative estimate of drug-likeness (QED) is 0.746. The van der Waals surface area contributed by atoms with Gasteiger partial charge in [0, 0.05) is 6.54 Å². The van der Waals surface area contributed by atoms with E-state index < -0.39 is 6.09 Å². The second-order valence-electron chi connectivity index (χ2n) is 4.00. The van der Waals surface area contributed by atoms with Gasteiger partial charge in [-0.05, 0) is 5.56 Å². The second kappa shape index (κ2) is 6.05. The lowest BCUT2D eigenvalue weighted by atomic mass is 10.2. The molecule has 0 N–H and O–H groups in total. The predicted molar refractivity (Wildman–Crippen MR) is 63.8 cm³/mol. The zero-order valence-electron chi connectivity index (χ0n) is 10.0. The number of carbonyl (C=O) groups is 2. The summed E-state index contributed by atoms with van der Waals surface area (Å²) in [6, 6.07) is 9.47. The molecule has 0 atom stereocenters. The molecular formula is C13H15NO4. The van der Waals surface area contributed by atoms with Crippen LogP contribution in [-0.2, 0) is 20.9 Å². The maximum Gasteiger partial charge on any atom is 0.410 e. The molecule has 1 amide bonds. The van der Waals surface area contributed by atoms with Gasteiger partial charge in [-0.2, -0.15) is 0 Å². The lowest BCUT2D eigenvalue weighted by Crippen LogP contribution is -2.33. The van der Waals surface area contributed by atoms with Crippen molar-refractivity contribution >= 4 is 12.1 Å². The molecule has 1 aliphatic heterocycles. The second-order valence-corrected chi connectivity index (χ2v) is 4.00. The van der Waals surface area contributed by atoms with Crippen molar-refractivity contribution in [3.05, 3.63) is 35.9 Å². The first-order valence-corrected chi connectivity index (χ1v) is 5.87. The summed E-state index contributed by atoms with van der Waals surface area (Å²) in [6.45, 7) is 1.22. The van der Waals surface area contributed by atoms with E-state index in [1.165, 1.54) is 4.90 Å². The summed E-state index contributed by atoms with van der Waals surface area (Å²) in [6.07, 6.45) is -0.183. The molecule has 1 aromatic rings. The minimum Gasteiger partial charge on any atom is -0.464 e. The zero-order chi connectivity index (χ0) is 12.8. The number of amides is 1. The lowest BCUT2D eigenvalue weighted by molar-refractivity contribution is -0.142. The number of esters is 1. The smallest absolute Gasteiger partial charge is 0.410 e. The topological polar surface area (TPSA) is 55.8 Å². The first-order chi connectivity index (χ1) is 8.75. The first-order valence-electron chi connectivity index (χ1n) is 5.87. The molecular weight excluding hydrogens is 234 g/mol. The fourth-order valence-corrected chi connectivity index (χ4v) is 1.67. The van der Waals surface area contributed by atoms with E-state index in [1.807, 2.05) is 30.3 Å². The minimum absolute atomic E-state index is 0.223. The van der Waals surface area contributed by atoms with Gasteiger partial charge in [0.1, 0.15) is 13.2 Å². The largest absolute Gasteiger partial charge is 0.464 e. The van der Waals surface area contributed by atoms with Crippen LogP contribution in [0.3, 0.4) is 0 Å². The summed E-state index contributed by atoms with van der Waals surface area (Å²) < 4.78 is 10.0. The fourth-order valence-electron chi connectivity index (χ4n) is 1.67. The van der Waals surface area contributed by atoms with Gasteiger partial charge >= 0.3 is 12.1 Å². The van der Waals surface area contributed by atoms with Crippen LogP contribution in [0.2, 0.25) is 0 Å². The molecule has 96 valence electrons. The minimum atomic E-state index is -0.405. The Labute approximate surface area is 105 Å². The molecule has 0 aromatic heterocycles. The summed E-state index contributed by atoms with van der Waals surface area (Å²) in [4.78, 5) is 24.3. The Bertz CT molecular complexity index is 418. The summed E-state index contributed by atoms with van der Waals surface area (Å²) in [5.74, 6) is -0.270. The van der Waals surface area contributed by atoms with Gasteiger partial charge in [-0.3, -0.25) is 4.79 Å². The highest BCUT2D eigenvalue weighted by Crippen LogP contribution is 2.06. The molecule has 18 heavy (non-hydrogen) atoms. The van der Waals surface area contributed by atoms with Crippen molar-refractivity contribution in [2.45, 2.75) is 13.0 Å². The van der Waals surface area contributed by atoms with Crippen molar-refractivity contribution in [2.24, 2.45) is 0 Å². The van der Waals surface area contributed by atoms with E-state index in [-0.39, 0.29) is 25.6 Å². The van der Waals surface area contributed by atoms with Crippen LogP contribution in [-0.4, -0.2) is 36.7 Å². The van der Waals surface area contributed by atoms with Crippen LogP contribution in [0.5, 0.6) is 0 Å². The monoisotopic (exact) mass is 249 g/mol. The molecule has 0 aliphatic carbocycles. The molecule has 1 aromatic carbocycles. The van der Waals surface area contributed by atoms with Crippen LogP contribution in [0.1, 0.15) is 12.0 Å². The number of hydrogen-bond donors (Lipinski definition) is 0. The lowest BCUT2D eigenvalue weighted by Gasteiger charge is -2.18. The third kappa shape index (κ3) is 3.48. The van der Waals surface area contributed by atoms with Crippen molar-refractivity contribution in [1.29, 1.82) is 0 Å². The molecule has 1 aliphatic rings. The van der Waals surface area contributed by atoms with Crippen molar-refractivity contribution in [2.75, 3.05) is 19.7 Å². The number of benzene rings is 1. The molecule has 1 saturated heterocycles. The number of rotatable bonds is 2. The van der Waals surface area contributed by atoms with Gasteiger partial charge in [-0.1, -0.05) is 30.3 Å². The summed E-state index contributed by atoms with van der Waals surface area (Å²) in [5, 5.41) is 0. The zero-order valence-corrected chi connectivity index (χ0v) is 10.0.